The predicted octanol–water partition coefficient (Wildman–Crippen LogP) is 2.01. The normalized spacial score (nSPS) is 10.7. The molecule has 0 spiro atoms. The molecular formula is C12H17N3O2. The molecule has 17 heavy (non-hydrogen) atoms. The number of rotatable bonds is 6. The van der Waals surface area contributed by atoms with Crippen LogP contribution in [0.3, 0.4) is 0 Å². The zero-order chi connectivity index (χ0) is 12.1. The Labute approximate surface area is 100 Å². The lowest BCUT2D eigenvalue weighted by Gasteiger charge is -2.16. The SMILES string of the molecule is CCN(Cc1ccco1)c1nc(CNC)co1. The van der Waals surface area contributed by atoms with Gasteiger partial charge in [0.2, 0.25) is 0 Å². The van der Waals surface area contributed by atoms with Gasteiger partial charge in [-0.1, -0.05) is 0 Å². The molecule has 92 valence electrons. The van der Waals surface area contributed by atoms with Gasteiger partial charge in [0.1, 0.15) is 12.0 Å². The maximum Gasteiger partial charge on any atom is 0.297 e. The lowest BCUT2D eigenvalue weighted by molar-refractivity contribution is 0.481. The number of furan rings is 1. The van der Waals surface area contributed by atoms with Crippen LogP contribution in [0.1, 0.15) is 18.4 Å². The van der Waals surface area contributed by atoms with E-state index in [9.17, 15) is 0 Å². The monoisotopic (exact) mass is 235 g/mol. The van der Waals surface area contributed by atoms with Crippen LogP contribution in [0, 0.1) is 0 Å². The van der Waals surface area contributed by atoms with Crippen molar-refractivity contribution in [3.63, 3.8) is 0 Å². The maximum atomic E-state index is 5.45. The van der Waals surface area contributed by atoms with Crippen LogP contribution >= 0.6 is 0 Å². The molecule has 0 bridgehead atoms. The smallest absolute Gasteiger partial charge is 0.297 e. The van der Waals surface area contributed by atoms with Crippen molar-refractivity contribution in [1.82, 2.24) is 10.3 Å². The van der Waals surface area contributed by atoms with Gasteiger partial charge in [-0.2, -0.15) is 4.98 Å². The first-order valence-corrected chi connectivity index (χ1v) is 5.69. The fourth-order valence-corrected chi connectivity index (χ4v) is 1.61. The van der Waals surface area contributed by atoms with Crippen LogP contribution < -0.4 is 10.2 Å². The zero-order valence-corrected chi connectivity index (χ0v) is 10.1. The summed E-state index contributed by atoms with van der Waals surface area (Å²) in [6.07, 6.45) is 3.35. The van der Waals surface area contributed by atoms with Crippen molar-refractivity contribution in [1.29, 1.82) is 0 Å². The topological polar surface area (TPSA) is 54.4 Å². The second-order valence-corrected chi connectivity index (χ2v) is 3.75. The molecule has 0 amide bonds. The summed E-state index contributed by atoms with van der Waals surface area (Å²) in [5, 5.41) is 3.04. The van der Waals surface area contributed by atoms with Gasteiger partial charge < -0.3 is 19.1 Å². The summed E-state index contributed by atoms with van der Waals surface area (Å²) >= 11 is 0. The molecule has 0 saturated carbocycles. The molecule has 0 aliphatic carbocycles. The number of hydrogen-bond donors (Lipinski definition) is 1. The average molecular weight is 235 g/mol. The Morgan fingerprint density at radius 3 is 2.94 bits per heavy atom. The Balaban J connectivity index is 2.06. The molecule has 0 atom stereocenters. The quantitative estimate of drug-likeness (QED) is 0.830. The van der Waals surface area contributed by atoms with Gasteiger partial charge in [-0.05, 0) is 26.1 Å². The summed E-state index contributed by atoms with van der Waals surface area (Å²) in [6.45, 7) is 4.26. The van der Waals surface area contributed by atoms with Gasteiger partial charge in [0, 0.05) is 13.1 Å². The van der Waals surface area contributed by atoms with E-state index in [-0.39, 0.29) is 0 Å². The third-order valence-corrected chi connectivity index (χ3v) is 2.48. The van der Waals surface area contributed by atoms with Crippen molar-refractivity contribution in [3.05, 3.63) is 36.1 Å². The molecule has 2 heterocycles. The molecule has 0 fully saturated rings. The fraction of sp³-hybridized carbons (Fsp3) is 0.417. The highest BCUT2D eigenvalue weighted by atomic mass is 16.4. The molecule has 0 aliphatic heterocycles. The van der Waals surface area contributed by atoms with Crippen LogP contribution in [0.2, 0.25) is 0 Å². The van der Waals surface area contributed by atoms with E-state index in [0.717, 1.165) is 18.0 Å². The lowest BCUT2D eigenvalue weighted by Crippen LogP contribution is -2.22. The van der Waals surface area contributed by atoms with Crippen molar-refractivity contribution in [3.8, 4) is 0 Å². The first-order valence-electron chi connectivity index (χ1n) is 5.69. The predicted molar refractivity (Wildman–Crippen MR) is 64.7 cm³/mol. The molecule has 0 saturated heterocycles. The van der Waals surface area contributed by atoms with Crippen LogP contribution in [-0.4, -0.2) is 18.6 Å². The lowest BCUT2D eigenvalue weighted by atomic mass is 10.4. The van der Waals surface area contributed by atoms with Gasteiger partial charge in [0.15, 0.2) is 0 Å². The van der Waals surface area contributed by atoms with E-state index >= 15 is 0 Å². The van der Waals surface area contributed by atoms with Gasteiger partial charge in [-0.15, -0.1) is 0 Å². The molecule has 5 heteroatoms. The number of hydrogen-bond acceptors (Lipinski definition) is 5. The molecular weight excluding hydrogens is 218 g/mol. The standard InChI is InChI=1S/C12H17N3O2/c1-3-15(8-11-5-4-6-16-11)12-14-10(7-13-2)9-17-12/h4-6,9,13H,3,7-8H2,1-2H3. The third-order valence-electron chi connectivity index (χ3n) is 2.48. The molecule has 1 N–H and O–H groups in total. The molecule has 0 aromatic carbocycles. The largest absolute Gasteiger partial charge is 0.467 e. The molecule has 0 unspecified atom stereocenters. The number of nitrogens with one attached hydrogen (secondary N) is 1. The van der Waals surface area contributed by atoms with Gasteiger partial charge in [-0.3, -0.25) is 0 Å². The van der Waals surface area contributed by atoms with E-state index in [1.807, 2.05) is 24.1 Å². The van der Waals surface area contributed by atoms with E-state index in [1.165, 1.54) is 0 Å². The molecule has 2 aromatic rings. The summed E-state index contributed by atoms with van der Waals surface area (Å²) < 4.78 is 10.8. The number of nitrogens with zero attached hydrogens (tertiary/aromatic N) is 2. The second-order valence-electron chi connectivity index (χ2n) is 3.75. The van der Waals surface area contributed by atoms with Gasteiger partial charge in [-0.25, -0.2) is 0 Å². The fourth-order valence-electron chi connectivity index (χ4n) is 1.61. The summed E-state index contributed by atoms with van der Waals surface area (Å²) in [5.74, 6) is 0.903. The summed E-state index contributed by atoms with van der Waals surface area (Å²) in [5.41, 5.74) is 0.903. The summed E-state index contributed by atoms with van der Waals surface area (Å²) in [6, 6.07) is 4.46. The van der Waals surface area contributed by atoms with Crippen molar-refractivity contribution < 1.29 is 8.83 Å². The molecule has 0 aliphatic rings. The zero-order valence-electron chi connectivity index (χ0n) is 10.1. The number of aromatic nitrogens is 1. The number of oxazole rings is 1. The average Bonchev–Trinajstić information content (AvgIpc) is 2.97. The van der Waals surface area contributed by atoms with E-state index in [4.69, 9.17) is 8.83 Å². The highest BCUT2D eigenvalue weighted by Gasteiger charge is 2.12. The highest BCUT2D eigenvalue weighted by Crippen LogP contribution is 2.16. The molecule has 2 rings (SSSR count). The Hall–Kier alpha value is -1.75. The van der Waals surface area contributed by atoms with E-state index in [1.54, 1.807) is 12.5 Å². The highest BCUT2D eigenvalue weighted by molar-refractivity contribution is 5.27. The summed E-state index contributed by atoms with van der Waals surface area (Å²) in [7, 11) is 1.88. The molecule has 2 aromatic heterocycles. The minimum atomic E-state index is 0.633. The van der Waals surface area contributed by atoms with Crippen molar-refractivity contribution >= 4 is 6.01 Å². The minimum Gasteiger partial charge on any atom is -0.467 e. The van der Waals surface area contributed by atoms with Crippen LogP contribution in [-0.2, 0) is 13.1 Å². The Morgan fingerprint density at radius 2 is 2.29 bits per heavy atom. The van der Waals surface area contributed by atoms with E-state index < -0.39 is 0 Å². The van der Waals surface area contributed by atoms with Crippen LogP contribution in [0.4, 0.5) is 6.01 Å². The summed E-state index contributed by atoms with van der Waals surface area (Å²) in [4.78, 5) is 6.43. The van der Waals surface area contributed by atoms with Gasteiger partial charge in [0.05, 0.1) is 18.5 Å². The van der Waals surface area contributed by atoms with Gasteiger partial charge >= 0.3 is 0 Å². The van der Waals surface area contributed by atoms with E-state index in [0.29, 0.717) is 19.1 Å². The van der Waals surface area contributed by atoms with E-state index in [2.05, 4.69) is 17.2 Å². The Kier molecular flexibility index (Phi) is 3.82. The maximum absolute atomic E-state index is 5.45. The first kappa shape index (κ1) is 11.7. The number of anilines is 1. The third kappa shape index (κ3) is 2.88. The Morgan fingerprint density at radius 1 is 1.41 bits per heavy atom. The Bertz CT molecular complexity index is 436. The molecule has 5 nitrogen and oxygen atoms in total. The first-order chi connectivity index (χ1) is 8.33. The van der Waals surface area contributed by atoms with Crippen molar-refractivity contribution in [2.24, 2.45) is 0 Å². The van der Waals surface area contributed by atoms with Crippen molar-refractivity contribution in [2.45, 2.75) is 20.0 Å². The minimum absolute atomic E-state index is 0.633. The van der Waals surface area contributed by atoms with Gasteiger partial charge in [0.25, 0.3) is 6.01 Å². The van der Waals surface area contributed by atoms with Crippen LogP contribution in [0.5, 0.6) is 0 Å². The van der Waals surface area contributed by atoms with Crippen LogP contribution in [0.25, 0.3) is 0 Å². The molecule has 0 radical (unpaired) electrons. The second kappa shape index (κ2) is 5.54. The van der Waals surface area contributed by atoms with Crippen molar-refractivity contribution in [2.75, 3.05) is 18.5 Å². The van der Waals surface area contributed by atoms with Crippen LogP contribution in [0.15, 0.2) is 33.5 Å².